The number of esters is 1. The van der Waals surface area contributed by atoms with Gasteiger partial charge in [0.2, 0.25) is 0 Å². The second-order valence-corrected chi connectivity index (χ2v) is 10.9. The fourth-order valence-corrected chi connectivity index (χ4v) is 5.53. The number of pyridine rings is 1. The van der Waals surface area contributed by atoms with Crippen molar-refractivity contribution in [1.82, 2.24) is 4.98 Å². The molecule has 4 aromatic rings. The second-order valence-electron chi connectivity index (χ2n) is 10.1. The lowest BCUT2D eigenvalue weighted by Gasteiger charge is -2.23. The van der Waals surface area contributed by atoms with Crippen molar-refractivity contribution in [2.75, 3.05) is 13.2 Å². The van der Waals surface area contributed by atoms with Gasteiger partial charge in [0.05, 0.1) is 28.1 Å². The predicted octanol–water partition coefficient (Wildman–Crippen LogP) is 8.15. The van der Waals surface area contributed by atoms with Crippen LogP contribution in [0.15, 0.2) is 71.9 Å². The number of benzene rings is 3. The van der Waals surface area contributed by atoms with Crippen LogP contribution in [0.2, 0.25) is 10.0 Å². The normalized spacial score (nSPS) is 16.6. The van der Waals surface area contributed by atoms with Gasteiger partial charge >= 0.3 is 5.97 Å². The molecule has 0 radical (unpaired) electrons. The minimum atomic E-state index is -0.420. The van der Waals surface area contributed by atoms with Gasteiger partial charge in [-0.3, -0.25) is 0 Å². The maximum Gasteiger partial charge on any atom is 0.356 e. The zero-order chi connectivity index (χ0) is 28.4. The first-order valence-electron chi connectivity index (χ1n) is 13.3. The number of aromatic nitrogens is 1. The van der Waals surface area contributed by atoms with Gasteiger partial charge in [-0.15, -0.1) is 0 Å². The van der Waals surface area contributed by atoms with Crippen LogP contribution in [0.1, 0.15) is 42.4 Å². The highest BCUT2D eigenvalue weighted by atomic mass is 35.5. The van der Waals surface area contributed by atoms with Crippen LogP contribution in [0.5, 0.6) is 5.75 Å². The fourth-order valence-electron chi connectivity index (χ4n) is 4.94. The molecule has 1 aliphatic rings. The maximum absolute atomic E-state index is 12.0. The minimum absolute atomic E-state index is 0.135. The summed E-state index contributed by atoms with van der Waals surface area (Å²) >= 11 is 13.0. The second kappa shape index (κ2) is 11.9. The summed E-state index contributed by atoms with van der Waals surface area (Å²) < 4.78 is 11.4. The quantitative estimate of drug-likeness (QED) is 0.198. The smallest absolute Gasteiger partial charge is 0.356 e. The molecule has 0 bridgehead atoms. The van der Waals surface area contributed by atoms with E-state index >= 15 is 0 Å². The Morgan fingerprint density at radius 3 is 2.42 bits per heavy atom. The van der Waals surface area contributed by atoms with E-state index in [0.29, 0.717) is 40.2 Å². The van der Waals surface area contributed by atoms with Crippen molar-refractivity contribution in [2.45, 2.75) is 33.8 Å². The third-order valence-corrected chi connectivity index (χ3v) is 7.63. The summed E-state index contributed by atoms with van der Waals surface area (Å²) in [6.07, 6.45) is -0.155. The Kier molecular flexibility index (Phi) is 8.29. The number of hydrogen-bond acceptors (Lipinski definition) is 6. The molecule has 2 unspecified atom stereocenters. The van der Waals surface area contributed by atoms with E-state index in [-0.39, 0.29) is 17.9 Å². The zero-order valence-corrected chi connectivity index (χ0v) is 24.3. The number of halogens is 2. The van der Waals surface area contributed by atoms with Gasteiger partial charge in [0.1, 0.15) is 29.9 Å². The number of carbonyl (C=O) groups is 1. The Labute approximate surface area is 243 Å². The minimum Gasteiger partial charge on any atom is -0.492 e. The summed E-state index contributed by atoms with van der Waals surface area (Å²) in [7, 11) is 0. The maximum atomic E-state index is 12.0. The number of oxime groups is 1. The molecule has 0 amide bonds. The van der Waals surface area contributed by atoms with Crippen LogP contribution in [0.3, 0.4) is 0 Å². The van der Waals surface area contributed by atoms with Gasteiger partial charge in [-0.2, -0.15) is 0 Å². The van der Waals surface area contributed by atoms with E-state index in [0.717, 1.165) is 33.3 Å². The lowest BCUT2D eigenvalue weighted by atomic mass is 9.87. The number of nitrogens with zero attached hydrogens (tertiary/aromatic N) is 2. The number of carbonyl (C=O) groups excluding carboxylic acids is 1. The molecule has 0 saturated heterocycles. The summed E-state index contributed by atoms with van der Waals surface area (Å²) in [5.74, 6) is 0.445. The molecule has 40 heavy (non-hydrogen) atoms. The summed E-state index contributed by atoms with van der Waals surface area (Å²) in [5.41, 5.74) is 5.53. The van der Waals surface area contributed by atoms with Gasteiger partial charge in [0.25, 0.3) is 0 Å². The topological polar surface area (TPSA) is 70.0 Å². The highest BCUT2D eigenvalue weighted by Crippen LogP contribution is 2.36. The summed E-state index contributed by atoms with van der Waals surface area (Å²) in [4.78, 5) is 22.3. The predicted molar refractivity (Wildman–Crippen MR) is 160 cm³/mol. The molecule has 1 aliphatic heterocycles. The average Bonchev–Trinajstić information content (AvgIpc) is 3.35. The van der Waals surface area contributed by atoms with Crippen molar-refractivity contribution >= 4 is 45.8 Å². The van der Waals surface area contributed by atoms with E-state index in [1.54, 1.807) is 25.1 Å². The Hall–Kier alpha value is -3.61. The Bertz CT molecular complexity index is 1580. The molecule has 5 rings (SSSR count). The molecule has 2 heterocycles. The Morgan fingerprint density at radius 1 is 1.00 bits per heavy atom. The highest BCUT2D eigenvalue weighted by molar-refractivity contribution is 6.40. The summed E-state index contributed by atoms with van der Waals surface area (Å²) in [6, 6.07) is 21.1. The van der Waals surface area contributed by atoms with E-state index in [9.17, 15) is 4.79 Å². The largest absolute Gasteiger partial charge is 0.492 e. The third kappa shape index (κ3) is 5.65. The van der Waals surface area contributed by atoms with Gasteiger partial charge in [-0.1, -0.05) is 66.5 Å². The molecule has 0 fully saturated rings. The molecule has 3 aromatic carbocycles. The molecular formula is C32H30Cl2N2O4. The van der Waals surface area contributed by atoms with Crippen LogP contribution in [-0.4, -0.2) is 36.0 Å². The molecule has 0 aliphatic carbocycles. The first-order chi connectivity index (χ1) is 19.3. The van der Waals surface area contributed by atoms with Gasteiger partial charge in [-0.25, -0.2) is 9.78 Å². The SMILES string of the molecule is CCOC(=O)c1ccc2cc(-c3ccc(OCC4C(c5c(Cl)cccc5Cl)=NOC4C(C)C)c(C)c3)ccc2n1. The van der Waals surface area contributed by atoms with Gasteiger partial charge < -0.3 is 14.3 Å². The molecule has 2 atom stereocenters. The summed E-state index contributed by atoms with van der Waals surface area (Å²) in [5, 5.41) is 6.40. The van der Waals surface area contributed by atoms with E-state index in [1.165, 1.54) is 0 Å². The van der Waals surface area contributed by atoms with Crippen LogP contribution in [0.4, 0.5) is 0 Å². The number of aryl methyl sites for hydroxylation is 1. The van der Waals surface area contributed by atoms with Gasteiger partial charge in [0, 0.05) is 10.9 Å². The first kappa shape index (κ1) is 27.9. The Balaban J connectivity index is 1.35. The van der Waals surface area contributed by atoms with Crippen LogP contribution < -0.4 is 4.74 Å². The van der Waals surface area contributed by atoms with E-state index in [4.69, 9.17) is 37.5 Å². The number of rotatable bonds is 8. The molecule has 0 N–H and O–H groups in total. The third-order valence-electron chi connectivity index (χ3n) is 7.00. The van der Waals surface area contributed by atoms with E-state index in [1.807, 2.05) is 43.3 Å². The van der Waals surface area contributed by atoms with Crippen molar-refractivity contribution in [2.24, 2.45) is 17.0 Å². The highest BCUT2D eigenvalue weighted by Gasteiger charge is 2.39. The molecule has 0 saturated carbocycles. The average molecular weight is 578 g/mol. The lowest BCUT2D eigenvalue weighted by Crippen LogP contribution is -2.33. The number of hydrogen-bond donors (Lipinski definition) is 0. The standard InChI is InChI=1S/C32H30Cl2N2O4/c1-5-38-32(37)27-13-10-22-16-21(9-12-26(22)35-27)20-11-14-28(19(4)15-20)39-17-23-30(36-40-31(23)18(2)3)29-24(33)7-6-8-25(29)34/h6-16,18,23,31H,5,17H2,1-4H3. The van der Waals surface area contributed by atoms with Crippen molar-refractivity contribution in [3.63, 3.8) is 0 Å². The van der Waals surface area contributed by atoms with Gasteiger partial charge in [0.15, 0.2) is 0 Å². The molecule has 1 aromatic heterocycles. The molecule has 8 heteroatoms. The zero-order valence-electron chi connectivity index (χ0n) is 22.8. The molecule has 6 nitrogen and oxygen atoms in total. The number of fused-ring (bicyclic) bond motifs is 1. The van der Waals surface area contributed by atoms with Crippen molar-refractivity contribution in [1.29, 1.82) is 0 Å². The summed E-state index contributed by atoms with van der Waals surface area (Å²) in [6.45, 7) is 8.68. The van der Waals surface area contributed by atoms with Crippen LogP contribution in [-0.2, 0) is 9.57 Å². The van der Waals surface area contributed by atoms with Crippen LogP contribution in [0.25, 0.3) is 22.0 Å². The van der Waals surface area contributed by atoms with E-state index in [2.05, 4.69) is 36.1 Å². The van der Waals surface area contributed by atoms with Crippen molar-refractivity contribution < 1.29 is 19.1 Å². The monoisotopic (exact) mass is 576 g/mol. The fraction of sp³-hybridized carbons (Fsp3) is 0.281. The lowest BCUT2D eigenvalue weighted by molar-refractivity contribution is 0.0177. The van der Waals surface area contributed by atoms with E-state index < -0.39 is 5.97 Å². The van der Waals surface area contributed by atoms with Crippen molar-refractivity contribution in [3.05, 3.63) is 93.6 Å². The molecule has 206 valence electrons. The van der Waals surface area contributed by atoms with Crippen LogP contribution >= 0.6 is 23.2 Å². The van der Waals surface area contributed by atoms with Crippen molar-refractivity contribution in [3.8, 4) is 16.9 Å². The first-order valence-corrected chi connectivity index (χ1v) is 14.0. The van der Waals surface area contributed by atoms with Gasteiger partial charge in [-0.05, 0) is 78.9 Å². The number of ether oxygens (including phenoxy) is 2. The van der Waals surface area contributed by atoms with Crippen LogP contribution in [0, 0.1) is 18.8 Å². The Morgan fingerprint density at radius 2 is 1.73 bits per heavy atom. The molecule has 0 spiro atoms. The molecular weight excluding hydrogens is 547 g/mol.